The third kappa shape index (κ3) is 3.53. The molecule has 0 bridgehead atoms. The van der Waals surface area contributed by atoms with Crippen LogP contribution in [0.15, 0.2) is 55.4 Å². The van der Waals surface area contributed by atoms with Crippen molar-refractivity contribution < 1.29 is 0 Å². The summed E-state index contributed by atoms with van der Waals surface area (Å²) in [7, 11) is 0. The Morgan fingerprint density at radius 1 is 1.04 bits per heavy atom. The molecule has 0 aliphatic heterocycles. The van der Waals surface area contributed by atoms with E-state index < -0.39 is 0 Å². The van der Waals surface area contributed by atoms with E-state index >= 15 is 0 Å². The van der Waals surface area contributed by atoms with Gasteiger partial charge in [0.05, 0.1) is 6.54 Å². The summed E-state index contributed by atoms with van der Waals surface area (Å²) < 4.78 is 5.61. The maximum atomic E-state index is 4.75. The molecule has 0 saturated carbocycles. The normalized spacial score (nSPS) is 11.1. The third-order valence-electron chi connectivity index (χ3n) is 4.01. The van der Waals surface area contributed by atoms with Gasteiger partial charge in [-0.1, -0.05) is 25.1 Å². The summed E-state index contributed by atoms with van der Waals surface area (Å²) >= 11 is 0. The van der Waals surface area contributed by atoms with E-state index in [2.05, 4.69) is 51.5 Å². The number of rotatable bonds is 7. The molecular weight excluding hydrogens is 328 g/mol. The zero-order chi connectivity index (χ0) is 17.8. The van der Waals surface area contributed by atoms with Gasteiger partial charge in [-0.3, -0.25) is 4.68 Å². The molecule has 0 aliphatic carbocycles. The second-order valence-electron chi connectivity index (χ2n) is 6.07. The lowest BCUT2D eigenvalue weighted by Gasteiger charge is -2.07. The number of nitrogens with zero attached hydrogens (tertiary/aromatic N) is 8. The molecule has 0 aliphatic rings. The predicted octanol–water partition coefficient (Wildman–Crippen LogP) is 2.24. The molecule has 0 radical (unpaired) electrons. The Balaban J connectivity index is 1.64. The summed E-state index contributed by atoms with van der Waals surface area (Å²) in [5, 5.41) is 13.1. The second-order valence-corrected chi connectivity index (χ2v) is 6.07. The van der Waals surface area contributed by atoms with E-state index in [1.807, 2.05) is 21.6 Å². The van der Waals surface area contributed by atoms with E-state index in [1.54, 1.807) is 17.2 Å². The Bertz CT molecular complexity index is 953. The van der Waals surface area contributed by atoms with Gasteiger partial charge < -0.3 is 0 Å². The first-order valence-corrected chi connectivity index (χ1v) is 8.64. The molecule has 0 saturated heterocycles. The van der Waals surface area contributed by atoms with Crippen LogP contribution >= 0.6 is 0 Å². The molecule has 0 unspecified atom stereocenters. The fourth-order valence-corrected chi connectivity index (χ4v) is 2.89. The smallest absolute Gasteiger partial charge is 0.172 e. The molecule has 4 rings (SSSR count). The Morgan fingerprint density at radius 3 is 2.77 bits per heavy atom. The minimum absolute atomic E-state index is 0.511. The molecule has 1 aromatic carbocycles. The van der Waals surface area contributed by atoms with Crippen molar-refractivity contribution in [2.24, 2.45) is 0 Å². The minimum atomic E-state index is 0.511. The SMILES string of the molecule is CCCn1nc(Cn2cncn2)nc1-c1cccc(Cn2cccn2)c1. The van der Waals surface area contributed by atoms with Gasteiger partial charge in [0.25, 0.3) is 0 Å². The van der Waals surface area contributed by atoms with Gasteiger partial charge >= 0.3 is 0 Å². The monoisotopic (exact) mass is 348 g/mol. The molecule has 8 heteroatoms. The van der Waals surface area contributed by atoms with Gasteiger partial charge in [0, 0.05) is 24.5 Å². The highest BCUT2D eigenvalue weighted by Gasteiger charge is 2.13. The van der Waals surface area contributed by atoms with Crippen LogP contribution in [0.1, 0.15) is 24.7 Å². The second kappa shape index (κ2) is 7.30. The highest BCUT2D eigenvalue weighted by atomic mass is 15.4. The fraction of sp³-hybridized carbons (Fsp3) is 0.278. The van der Waals surface area contributed by atoms with Crippen LogP contribution in [0, 0.1) is 0 Å². The molecule has 26 heavy (non-hydrogen) atoms. The molecule has 3 heterocycles. The highest BCUT2D eigenvalue weighted by Crippen LogP contribution is 2.20. The highest BCUT2D eigenvalue weighted by molar-refractivity contribution is 5.56. The van der Waals surface area contributed by atoms with Gasteiger partial charge in [-0.15, -0.1) is 0 Å². The first kappa shape index (κ1) is 16.2. The van der Waals surface area contributed by atoms with Crippen molar-refractivity contribution in [3.8, 4) is 11.4 Å². The van der Waals surface area contributed by atoms with Crippen LogP contribution in [-0.2, 0) is 19.6 Å². The molecule has 0 atom stereocenters. The van der Waals surface area contributed by atoms with Crippen LogP contribution in [-0.4, -0.2) is 39.3 Å². The molecule has 0 fully saturated rings. The standard InChI is InChI=1S/C18H20N8/c1-2-8-26-18(22-17(23-26)12-25-14-19-13-21-25)16-6-3-5-15(10-16)11-24-9-4-7-20-24/h3-7,9-10,13-14H,2,8,11-12H2,1H3. The first-order valence-electron chi connectivity index (χ1n) is 8.64. The molecule has 0 N–H and O–H groups in total. The summed E-state index contributed by atoms with van der Waals surface area (Å²) in [6.45, 7) is 4.20. The summed E-state index contributed by atoms with van der Waals surface area (Å²) in [6.07, 6.45) is 7.93. The number of hydrogen-bond donors (Lipinski definition) is 0. The van der Waals surface area contributed by atoms with Crippen LogP contribution < -0.4 is 0 Å². The lowest BCUT2D eigenvalue weighted by atomic mass is 10.1. The summed E-state index contributed by atoms with van der Waals surface area (Å²) in [6, 6.07) is 10.3. The maximum Gasteiger partial charge on any atom is 0.172 e. The van der Waals surface area contributed by atoms with E-state index in [-0.39, 0.29) is 0 Å². The van der Waals surface area contributed by atoms with Gasteiger partial charge in [-0.25, -0.2) is 19.3 Å². The first-order chi connectivity index (χ1) is 12.8. The van der Waals surface area contributed by atoms with Gasteiger partial charge in [-0.2, -0.15) is 15.3 Å². The van der Waals surface area contributed by atoms with E-state index in [0.29, 0.717) is 6.54 Å². The molecule has 0 amide bonds. The van der Waals surface area contributed by atoms with Crippen LogP contribution in [0.4, 0.5) is 0 Å². The van der Waals surface area contributed by atoms with Crippen LogP contribution in [0.25, 0.3) is 11.4 Å². The Morgan fingerprint density at radius 2 is 2.00 bits per heavy atom. The Hall–Kier alpha value is -3.29. The molecule has 132 valence electrons. The molecule has 8 nitrogen and oxygen atoms in total. The van der Waals surface area contributed by atoms with Crippen molar-refractivity contribution in [3.63, 3.8) is 0 Å². The van der Waals surface area contributed by atoms with Crippen molar-refractivity contribution in [2.75, 3.05) is 0 Å². The summed E-state index contributed by atoms with van der Waals surface area (Å²) in [4.78, 5) is 8.72. The average molecular weight is 348 g/mol. The lowest BCUT2D eigenvalue weighted by molar-refractivity contribution is 0.584. The predicted molar refractivity (Wildman–Crippen MR) is 96.2 cm³/mol. The van der Waals surface area contributed by atoms with Gasteiger partial charge in [-0.05, 0) is 24.1 Å². The van der Waals surface area contributed by atoms with Gasteiger partial charge in [0.2, 0.25) is 0 Å². The van der Waals surface area contributed by atoms with Crippen LogP contribution in [0.3, 0.4) is 0 Å². The van der Waals surface area contributed by atoms with Crippen molar-refractivity contribution in [1.82, 2.24) is 39.3 Å². The Labute approximate surface area is 151 Å². The summed E-state index contributed by atoms with van der Waals surface area (Å²) in [5.41, 5.74) is 2.23. The number of aryl methyl sites for hydroxylation is 1. The van der Waals surface area contributed by atoms with Crippen LogP contribution in [0.5, 0.6) is 0 Å². The van der Waals surface area contributed by atoms with E-state index in [9.17, 15) is 0 Å². The van der Waals surface area contributed by atoms with E-state index in [1.165, 1.54) is 11.9 Å². The molecule has 3 aromatic heterocycles. The average Bonchev–Trinajstić information content (AvgIpc) is 3.39. The third-order valence-corrected chi connectivity index (χ3v) is 4.01. The molecular formula is C18H20N8. The number of hydrogen-bond acceptors (Lipinski definition) is 5. The topological polar surface area (TPSA) is 79.2 Å². The van der Waals surface area contributed by atoms with Gasteiger partial charge in [0.15, 0.2) is 11.6 Å². The fourth-order valence-electron chi connectivity index (χ4n) is 2.89. The summed E-state index contributed by atoms with van der Waals surface area (Å²) in [5.74, 6) is 1.61. The number of aromatic nitrogens is 8. The minimum Gasteiger partial charge on any atom is -0.268 e. The van der Waals surface area contributed by atoms with Crippen molar-refractivity contribution in [3.05, 3.63) is 66.8 Å². The van der Waals surface area contributed by atoms with Crippen molar-refractivity contribution >= 4 is 0 Å². The quantitative estimate of drug-likeness (QED) is 0.512. The zero-order valence-electron chi connectivity index (χ0n) is 14.6. The van der Waals surface area contributed by atoms with E-state index in [4.69, 9.17) is 4.98 Å². The molecule has 0 spiro atoms. The maximum absolute atomic E-state index is 4.75. The zero-order valence-corrected chi connectivity index (χ0v) is 14.6. The van der Waals surface area contributed by atoms with Gasteiger partial charge in [0.1, 0.15) is 19.2 Å². The van der Waals surface area contributed by atoms with Crippen molar-refractivity contribution in [2.45, 2.75) is 33.0 Å². The van der Waals surface area contributed by atoms with Crippen LogP contribution in [0.2, 0.25) is 0 Å². The Kier molecular flexibility index (Phi) is 4.55. The largest absolute Gasteiger partial charge is 0.268 e. The lowest BCUT2D eigenvalue weighted by Crippen LogP contribution is -2.05. The number of benzene rings is 1. The van der Waals surface area contributed by atoms with Crippen molar-refractivity contribution in [1.29, 1.82) is 0 Å². The van der Waals surface area contributed by atoms with E-state index in [0.717, 1.165) is 36.7 Å². The molecule has 4 aromatic rings.